The molecule has 4 nitrogen and oxygen atoms in total. The summed E-state index contributed by atoms with van der Waals surface area (Å²) >= 11 is 1.71. The molecule has 3 aromatic carbocycles. The Morgan fingerprint density at radius 3 is 1.83 bits per heavy atom. The van der Waals surface area contributed by atoms with Crippen molar-refractivity contribution in [3.8, 4) is 5.75 Å². The van der Waals surface area contributed by atoms with Crippen LogP contribution in [-0.2, 0) is 4.57 Å². The Hall–Kier alpha value is -2.43. The van der Waals surface area contributed by atoms with Gasteiger partial charge in [0.25, 0.3) is 0 Å². The number of rotatable bonds is 6. The average Bonchev–Trinajstić information content (AvgIpc) is 2.90. The summed E-state index contributed by atoms with van der Waals surface area (Å²) < 4.78 is 22.5. The Labute approximate surface area is 218 Å². The van der Waals surface area contributed by atoms with Gasteiger partial charge in [0.2, 0.25) is 0 Å². The van der Waals surface area contributed by atoms with Gasteiger partial charge in [0.1, 0.15) is 5.75 Å². The molecule has 7 heteroatoms. The Bertz CT molecular complexity index is 1180. The van der Waals surface area contributed by atoms with E-state index in [-0.39, 0.29) is 12.4 Å². The van der Waals surface area contributed by atoms with Crippen LogP contribution in [0.4, 0.5) is 5.69 Å². The molecule has 0 N–H and O–H groups in total. The largest absolute Gasteiger partial charge is 1.00 e. The first-order valence-corrected chi connectivity index (χ1v) is 14.3. The van der Waals surface area contributed by atoms with Crippen LogP contribution >= 0.6 is 19.1 Å². The van der Waals surface area contributed by atoms with Gasteiger partial charge in [-0.3, -0.25) is 4.57 Å². The first-order valence-electron chi connectivity index (χ1n) is 11.7. The highest BCUT2D eigenvalue weighted by molar-refractivity contribution is 8.17. The van der Waals surface area contributed by atoms with Gasteiger partial charge in [0.15, 0.2) is 7.29 Å². The number of benzene rings is 3. The topological polar surface area (TPSA) is 32.8 Å². The number of hydrogen-bond donors (Lipinski definition) is 0. The van der Waals surface area contributed by atoms with Crippen molar-refractivity contribution in [1.82, 2.24) is 4.67 Å². The van der Waals surface area contributed by atoms with Gasteiger partial charge in [-0.1, -0.05) is 84.6 Å². The van der Waals surface area contributed by atoms with Crippen molar-refractivity contribution < 1.29 is 21.7 Å². The zero-order chi connectivity index (χ0) is 23.4. The zero-order valence-electron chi connectivity index (χ0n) is 19.7. The first-order chi connectivity index (χ1) is 16.7. The fourth-order valence-electron chi connectivity index (χ4n) is 4.42. The second-order valence-electron chi connectivity index (χ2n) is 8.33. The second kappa shape index (κ2) is 11.5. The highest BCUT2D eigenvalue weighted by atomic mass is 35.5. The SMILES string of the molecule is CCOc1ccccc1N1CCN(P2(=O)C=C(c3ccccc3)SC(c3ccccc3)=C2)CC1.[Cl-]. The number of nitrogens with zero attached hydrogens (tertiary/aromatic N) is 2. The van der Waals surface area contributed by atoms with Crippen molar-refractivity contribution in [2.75, 3.05) is 37.7 Å². The molecule has 0 unspecified atom stereocenters. The minimum Gasteiger partial charge on any atom is -1.00 e. The van der Waals surface area contributed by atoms with Gasteiger partial charge in [-0.15, -0.1) is 0 Å². The van der Waals surface area contributed by atoms with Crippen LogP contribution in [-0.4, -0.2) is 37.5 Å². The molecular formula is C28H29ClN2O2PS-. The molecule has 1 fully saturated rings. The predicted molar refractivity (Wildman–Crippen MR) is 145 cm³/mol. The van der Waals surface area contributed by atoms with E-state index in [1.807, 2.05) is 67.1 Å². The highest BCUT2D eigenvalue weighted by Crippen LogP contribution is 2.63. The molecule has 0 spiro atoms. The molecule has 182 valence electrons. The molecule has 35 heavy (non-hydrogen) atoms. The molecule has 0 saturated carbocycles. The molecule has 5 rings (SSSR count). The minimum atomic E-state index is -2.84. The number of para-hydroxylation sites is 2. The molecule has 0 amide bonds. The van der Waals surface area contributed by atoms with E-state index in [4.69, 9.17) is 4.74 Å². The maximum Gasteiger partial charge on any atom is 0.195 e. The van der Waals surface area contributed by atoms with E-state index in [2.05, 4.69) is 46.0 Å². The fraction of sp³-hybridized carbons (Fsp3) is 0.214. The number of ether oxygens (including phenoxy) is 1. The summed E-state index contributed by atoms with van der Waals surface area (Å²) in [4.78, 5) is 4.47. The van der Waals surface area contributed by atoms with Crippen LogP contribution in [0.3, 0.4) is 0 Å². The maximum atomic E-state index is 14.5. The molecule has 0 aliphatic carbocycles. The Morgan fingerprint density at radius 2 is 1.29 bits per heavy atom. The third-order valence-corrected chi connectivity index (χ3v) is 10.2. The molecule has 0 aromatic heterocycles. The van der Waals surface area contributed by atoms with Crippen LogP contribution in [0, 0.1) is 0 Å². The molecule has 2 aliphatic rings. The van der Waals surface area contributed by atoms with Crippen LogP contribution < -0.4 is 22.0 Å². The van der Waals surface area contributed by atoms with E-state index in [9.17, 15) is 4.57 Å². The normalized spacial score (nSPS) is 17.7. The average molecular weight is 524 g/mol. The number of hydrogen-bond acceptors (Lipinski definition) is 4. The predicted octanol–water partition coefficient (Wildman–Crippen LogP) is 4.23. The Balaban J connectivity index is 0.00000289. The summed E-state index contributed by atoms with van der Waals surface area (Å²) in [6.45, 7) is 5.74. The summed E-state index contributed by atoms with van der Waals surface area (Å²) in [7, 11) is -2.84. The summed E-state index contributed by atoms with van der Waals surface area (Å²) in [6.07, 6.45) is 0. The lowest BCUT2D eigenvalue weighted by atomic mass is 10.2. The van der Waals surface area contributed by atoms with Gasteiger partial charge < -0.3 is 22.0 Å². The first kappa shape index (κ1) is 25.7. The molecule has 2 aliphatic heterocycles. The third-order valence-electron chi connectivity index (χ3n) is 6.14. The molecule has 0 bridgehead atoms. The summed E-state index contributed by atoms with van der Waals surface area (Å²) in [5.74, 6) is 4.95. The highest BCUT2D eigenvalue weighted by Gasteiger charge is 2.34. The van der Waals surface area contributed by atoms with Gasteiger partial charge in [0.05, 0.1) is 12.3 Å². The summed E-state index contributed by atoms with van der Waals surface area (Å²) in [5, 5.41) is 0. The lowest BCUT2D eigenvalue weighted by Gasteiger charge is -2.39. The Morgan fingerprint density at radius 1 is 0.771 bits per heavy atom. The van der Waals surface area contributed by atoms with Gasteiger partial charge in [-0.25, -0.2) is 4.67 Å². The number of thioether (sulfide) groups is 1. The van der Waals surface area contributed by atoms with E-state index in [1.54, 1.807) is 11.8 Å². The molecule has 0 radical (unpaired) electrons. The van der Waals surface area contributed by atoms with E-state index in [0.717, 1.165) is 58.6 Å². The van der Waals surface area contributed by atoms with E-state index >= 15 is 0 Å². The van der Waals surface area contributed by atoms with Gasteiger partial charge >= 0.3 is 0 Å². The number of piperazine rings is 1. The summed E-state index contributed by atoms with van der Waals surface area (Å²) in [6, 6.07) is 28.8. The van der Waals surface area contributed by atoms with Crippen LogP contribution in [0.15, 0.2) is 96.6 Å². The molecule has 3 aromatic rings. The van der Waals surface area contributed by atoms with Crippen molar-refractivity contribution >= 4 is 34.6 Å². The van der Waals surface area contributed by atoms with Crippen molar-refractivity contribution in [2.45, 2.75) is 6.92 Å². The monoisotopic (exact) mass is 523 g/mol. The molecule has 1 saturated heterocycles. The van der Waals surface area contributed by atoms with E-state index in [1.165, 1.54) is 0 Å². The lowest BCUT2D eigenvalue weighted by molar-refractivity contribution is -0.00000851. The third kappa shape index (κ3) is 5.70. The van der Waals surface area contributed by atoms with Gasteiger partial charge in [0, 0.05) is 47.6 Å². The quantitative estimate of drug-likeness (QED) is 0.452. The number of halogens is 1. The minimum absolute atomic E-state index is 0. The molecular weight excluding hydrogens is 495 g/mol. The lowest BCUT2D eigenvalue weighted by Crippen LogP contribution is -3.00. The van der Waals surface area contributed by atoms with Crippen molar-refractivity contribution in [3.63, 3.8) is 0 Å². The van der Waals surface area contributed by atoms with Crippen molar-refractivity contribution in [1.29, 1.82) is 0 Å². The van der Waals surface area contributed by atoms with Gasteiger partial charge in [-0.05, 0) is 30.2 Å². The van der Waals surface area contributed by atoms with Crippen LogP contribution in [0.25, 0.3) is 9.81 Å². The summed E-state index contributed by atoms with van der Waals surface area (Å²) in [5.41, 5.74) is 3.33. The van der Waals surface area contributed by atoms with Crippen LogP contribution in [0.2, 0.25) is 0 Å². The van der Waals surface area contributed by atoms with Crippen LogP contribution in [0.5, 0.6) is 5.75 Å². The fourth-order valence-corrected chi connectivity index (χ4v) is 8.67. The maximum absolute atomic E-state index is 14.5. The van der Waals surface area contributed by atoms with E-state index in [0.29, 0.717) is 6.61 Å². The van der Waals surface area contributed by atoms with Crippen molar-refractivity contribution in [3.05, 3.63) is 108 Å². The van der Waals surface area contributed by atoms with E-state index < -0.39 is 7.29 Å². The standard InChI is InChI=1S/C28H29N2O2PS.ClH/c1-2-32-26-16-10-9-15-25(26)29-17-19-30(20-18-29)33(31)21-27(23-11-5-3-6-12-23)34-28(22-33)24-13-7-4-8-14-24;/h3-16,21-22H,2,17-20H2,1H3;1H/p-1. The zero-order valence-corrected chi connectivity index (χ0v) is 22.2. The van der Waals surface area contributed by atoms with Gasteiger partial charge in [-0.2, -0.15) is 0 Å². The molecule has 2 heterocycles. The Kier molecular flexibility index (Phi) is 8.46. The second-order valence-corrected chi connectivity index (χ2v) is 11.8. The van der Waals surface area contributed by atoms with Crippen LogP contribution in [0.1, 0.15) is 18.1 Å². The van der Waals surface area contributed by atoms with Crippen molar-refractivity contribution in [2.24, 2.45) is 0 Å². The molecule has 0 atom stereocenters. The smallest absolute Gasteiger partial charge is 0.195 e. The number of anilines is 1.